The van der Waals surface area contributed by atoms with Gasteiger partial charge in [-0.15, -0.1) is 0 Å². The second kappa shape index (κ2) is 14.3. The zero-order valence-electron chi connectivity index (χ0n) is 23.3. The lowest BCUT2D eigenvalue weighted by atomic mass is 9.87. The summed E-state index contributed by atoms with van der Waals surface area (Å²) in [4.78, 5) is 30.3. The van der Waals surface area contributed by atoms with Crippen LogP contribution in [0.5, 0.6) is 0 Å². The molecule has 0 aliphatic heterocycles. The number of carbonyl (C=O) groups excluding carboxylic acids is 2. The van der Waals surface area contributed by atoms with E-state index in [0.717, 1.165) is 52.4 Å². The summed E-state index contributed by atoms with van der Waals surface area (Å²) >= 11 is 3.59. The maximum Gasteiger partial charge on any atom is 0.243 e. The molecule has 0 unspecified atom stereocenters. The summed E-state index contributed by atoms with van der Waals surface area (Å²) in [6.45, 7) is 0.351. The van der Waals surface area contributed by atoms with Crippen molar-refractivity contribution in [3.05, 3.63) is 142 Å². The van der Waals surface area contributed by atoms with E-state index in [1.807, 2.05) is 95.9 Å². The Morgan fingerprint density at radius 1 is 0.756 bits per heavy atom. The summed E-state index contributed by atoms with van der Waals surface area (Å²) in [5.74, 6) is -0.226. The van der Waals surface area contributed by atoms with Gasteiger partial charge in [-0.2, -0.15) is 0 Å². The fourth-order valence-electron chi connectivity index (χ4n) is 5.84. The third-order valence-corrected chi connectivity index (χ3v) is 8.49. The van der Waals surface area contributed by atoms with Crippen LogP contribution in [0.3, 0.4) is 0 Å². The summed E-state index contributed by atoms with van der Waals surface area (Å²) in [5.41, 5.74) is 4.19. The number of hydrogen-bond acceptors (Lipinski definition) is 2. The summed E-state index contributed by atoms with van der Waals surface area (Å²) in [7, 11) is 0. The van der Waals surface area contributed by atoms with Gasteiger partial charge in [-0.1, -0.05) is 132 Å². The van der Waals surface area contributed by atoms with Gasteiger partial charge in [-0.05, 0) is 47.2 Å². The Hall–Kier alpha value is -3.70. The minimum atomic E-state index is -0.628. The first-order valence-corrected chi connectivity index (χ1v) is 15.3. The monoisotopic (exact) mass is 608 g/mol. The van der Waals surface area contributed by atoms with Gasteiger partial charge >= 0.3 is 0 Å². The first kappa shape index (κ1) is 28.8. The van der Waals surface area contributed by atoms with Gasteiger partial charge in [-0.3, -0.25) is 9.59 Å². The molecular weight excluding hydrogens is 572 g/mol. The van der Waals surface area contributed by atoms with Gasteiger partial charge in [0.05, 0.1) is 0 Å². The lowest BCUT2D eigenvalue weighted by Crippen LogP contribution is -2.52. The van der Waals surface area contributed by atoms with Crippen LogP contribution >= 0.6 is 15.9 Å². The van der Waals surface area contributed by atoms with Crippen LogP contribution in [0.2, 0.25) is 0 Å². The zero-order chi connectivity index (χ0) is 28.4. The average Bonchev–Trinajstić information content (AvgIpc) is 3.52. The fourth-order valence-corrected chi connectivity index (χ4v) is 6.29. The highest BCUT2D eigenvalue weighted by atomic mass is 79.9. The number of nitrogens with one attached hydrogen (secondary N) is 1. The Labute approximate surface area is 251 Å². The van der Waals surface area contributed by atoms with Gasteiger partial charge in [0.25, 0.3) is 0 Å². The Balaban J connectivity index is 1.51. The number of nitrogens with zero attached hydrogens (tertiary/aromatic N) is 1. The predicted molar refractivity (Wildman–Crippen MR) is 168 cm³/mol. The molecule has 0 bridgehead atoms. The molecule has 4 aromatic carbocycles. The topological polar surface area (TPSA) is 49.4 Å². The van der Waals surface area contributed by atoms with Crippen LogP contribution in [0, 0.1) is 0 Å². The van der Waals surface area contributed by atoms with Crippen molar-refractivity contribution < 1.29 is 9.59 Å². The van der Waals surface area contributed by atoms with E-state index in [2.05, 4.69) is 45.5 Å². The van der Waals surface area contributed by atoms with E-state index in [1.165, 1.54) is 0 Å². The highest BCUT2D eigenvalue weighted by Crippen LogP contribution is 2.30. The Morgan fingerprint density at radius 3 is 1.90 bits per heavy atom. The van der Waals surface area contributed by atoms with Crippen molar-refractivity contribution in [1.29, 1.82) is 0 Å². The van der Waals surface area contributed by atoms with Crippen molar-refractivity contribution in [3.8, 4) is 0 Å². The highest BCUT2D eigenvalue weighted by Gasteiger charge is 2.33. The maximum atomic E-state index is 14.5. The SMILES string of the molecule is O=C(NC1CCCC1)[C@@H](Cc1ccccc1)N(Cc1cccc(Br)c1)C(=O)CC(c1ccccc1)c1ccccc1. The number of hydrogen-bond donors (Lipinski definition) is 1. The quantitative estimate of drug-likeness (QED) is 0.190. The summed E-state index contributed by atoms with van der Waals surface area (Å²) in [6.07, 6.45) is 4.97. The molecule has 1 atom stereocenters. The molecule has 0 radical (unpaired) electrons. The van der Waals surface area contributed by atoms with Crippen molar-refractivity contribution >= 4 is 27.7 Å². The van der Waals surface area contributed by atoms with Crippen LogP contribution in [0.1, 0.15) is 60.3 Å². The molecule has 5 heteroatoms. The molecular formula is C36H37BrN2O2. The third-order valence-electron chi connectivity index (χ3n) is 8.00. The lowest BCUT2D eigenvalue weighted by molar-refractivity contribution is -0.141. The first-order chi connectivity index (χ1) is 20.1. The molecule has 210 valence electrons. The Kier molecular flexibility index (Phi) is 10.0. The van der Waals surface area contributed by atoms with Crippen molar-refractivity contribution in [1.82, 2.24) is 10.2 Å². The van der Waals surface area contributed by atoms with Gasteiger partial charge in [0.15, 0.2) is 0 Å². The second-order valence-electron chi connectivity index (χ2n) is 10.9. The number of amides is 2. The van der Waals surface area contributed by atoms with Gasteiger partial charge in [-0.25, -0.2) is 0 Å². The van der Waals surface area contributed by atoms with Crippen LogP contribution in [0.15, 0.2) is 120 Å². The van der Waals surface area contributed by atoms with Gasteiger partial charge < -0.3 is 10.2 Å². The van der Waals surface area contributed by atoms with Gasteiger partial charge in [0.2, 0.25) is 11.8 Å². The highest BCUT2D eigenvalue weighted by molar-refractivity contribution is 9.10. The predicted octanol–water partition coefficient (Wildman–Crippen LogP) is 7.67. The lowest BCUT2D eigenvalue weighted by Gasteiger charge is -2.33. The third kappa shape index (κ3) is 7.95. The van der Waals surface area contributed by atoms with Crippen molar-refractivity contribution in [2.45, 2.75) is 63.1 Å². The average molecular weight is 610 g/mol. The number of benzene rings is 4. The minimum absolute atomic E-state index is 0.0369. The maximum absolute atomic E-state index is 14.5. The molecule has 0 aromatic heterocycles. The Morgan fingerprint density at radius 2 is 1.32 bits per heavy atom. The van der Waals surface area contributed by atoms with Crippen molar-refractivity contribution in [3.63, 3.8) is 0 Å². The summed E-state index contributed by atoms with van der Waals surface area (Å²) < 4.78 is 0.948. The van der Waals surface area contributed by atoms with Crippen LogP contribution in [-0.4, -0.2) is 28.8 Å². The van der Waals surface area contributed by atoms with E-state index in [1.54, 1.807) is 0 Å². The van der Waals surface area contributed by atoms with Crippen LogP contribution in [-0.2, 0) is 22.6 Å². The van der Waals surface area contributed by atoms with Crippen LogP contribution in [0.25, 0.3) is 0 Å². The van der Waals surface area contributed by atoms with Crippen molar-refractivity contribution in [2.24, 2.45) is 0 Å². The largest absolute Gasteiger partial charge is 0.352 e. The van der Waals surface area contributed by atoms with E-state index >= 15 is 0 Å². The normalized spacial score (nSPS) is 14.1. The molecule has 4 nitrogen and oxygen atoms in total. The fraction of sp³-hybridized carbons (Fsp3) is 0.278. The van der Waals surface area contributed by atoms with Crippen LogP contribution < -0.4 is 5.32 Å². The molecule has 1 aliphatic carbocycles. The molecule has 1 saturated carbocycles. The first-order valence-electron chi connectivity index (χ1n) is 14.5. The van der Waals surface area contributed by atoms with E-state index in [-0.39, 0.29) is 30.2 Å². The molecule has 0 heterocycles. The molecule has 1 aliphatic rings. The minimum Gasteiger partial charge on any atom is -0.352 e. The molecule has 1 fully saturated rings. The van der Waals surface area contributed by atoms with Crippen LogP contribution in [0.4, 0.5) is 0 Å². The van der Waals surface area contributed by atoms with Gasteiger partial charge in [0, 0.05) is 35.8 Å². The van der Waals surface area contributed by atoms with E-state index in [0.29, 0.717) is 13.0 Å². The van der Waals surface area contributed by atoms with Crippen molar-refractivity contribution in [2.75, 3.05) is 0 Å². The molecule has 0 saturated heterocycles. The molecule has 2 amide bonds. The number of carbonyl (C=O) groups is 2. The molecule has 4 aromatic rings. The zero-order valence-corrected chi connectivity index (χ0v) is 24.9. The second-order valence-corrected chi connectivity index (χ2v) is 11.8. The smallest absolute Gasteiger partial charge is 0.243 e. The van der Waals surface area contributed by atoms with E-state index in [4.69, 9.17) is 0 Å². The molecule has 1 N–H and O–H groups in total. The van der Waals surface area contributed by atoms with E-state index in [9.17, 15) is 9.59 Å². The number of rotatable bonds is 11. The molecule has 41 heavy (non-hydrogen) atoms. The van der Waals surface area contributed by atoms with Gasteiger partial charge in [0.1, 0.15) is 6.04 Å². The molecule has 5 rings (SSSR count). The Bertz CT molecular complexity index is 1370. The number of halogens is 1. The summed E-state index contributed by atoms with van der Waals surface area (Å²) in [6, 6.07) is 38.0. The molecule has 0 spiro atoms. The summed E-state index contributed by atoms with van der Waals surface area (Å²) in [5, 5.41) is 3.31. The van der Waals surface area contributed by atoms with E-state index < -0.39 is 6.04 Å². The standard InChI is InChI=1S/C36H37BrN2O2/c37-31-20-12-15-28(23-31)26-39(34(24-27-13-4-1-5-14-27)36(41)38-32-21-10-11-22-32)35(40)25-33(29-16-6-2-7-17-29)30-18-8-3-9-19-30/h1-9,12-20,23,32-34H,10-11,21-22,24-26H2,(H,38,41)/t34-/m1/s1.